The number of hydrogen-bond donors (Lipinski definition) is 3. The maximum Gasteiger partial charge on any atom is 0.317 e. The first-order chi connectivity index (χ1) is 13.6. The van der Waals surface area contributed by atoms with E-state index < -0.39 is 0 Å². The van der Waals surface area contributed by atoms with E-state index in [0.717, 1.165) is 54.5 Å². The van der Waals surface area contributed by atoms with Gasteiger partial charge in [0.25, 0.3) is 0 Å². The van der Waals surface area contributed by atoms with E-state index in [0.29, 0.717) is 6.54 Å². The third kappa shape index (κ3) is 3.74. The molecular formula is C21H28N6O. The number of carbonyl (C=O) groups excluding carboxylic acids is 1. The van der Waals surface area contributed by atoms with Crippen LogP contribution in [-0.4, -0.2) is 44.4 Å². The van der Waals surface area contributed by atoms with Crippen LogP contribution >= 0.6 is 0 Å². The molecule has 7 nitrogen and oxygen atoms in total. The van der Waals surface area contributed by atoms with Gasteiger partial charge < -0.3 is 10.2 Å². The van der Waals surface area contributed by atoms with Crippen LogP contribution in [0.25, 0.3) is 10.9 Å². The molecule has 0 spiro atoms. The van der Waals surface area contributed by atoms with Gasteiger partial charge in [0.15, 0.2) is 0 Å². The summed E-state index contributed by atoms with van der Waals surface area (Å²) in [6, 6.07) is 6.38. The van der Waals surface area contributed by atoms with E-state index in [9.17, 15) is 4.79 Å². The molecule has 0 aliphatic carbocycles. The van der Waals surface area contributed by atoms with Crippen LogP contribution < -0.4 is 5.32 Å². The molecule has 28 heavy (non-hydrogen) atoms. The Kier molecular flexibility index (Phi) is 5.32. The van der Waals surface area contributed by atoms with Crippen molar-refractivity contribution in [3.63, 3.8) is 0 Å². The SMILES string of the molecule is Cc1n[nH]c(C)c1C1CCCCCN1C(=O)NCCc1ccc2cn[nH]c2c1. The van der Waals surface area contributed by atoms with Crippen molar-refractivity contribution in [2.45, 2.75) is 52.0 Å². The summed E-state index contributed by atoms with van der Waals surface area (Å²) in [5, 5.41) is 18.7. The average molecular weight is 380 g/mol. The van der Waals surface area contributed by atoms with Crippen LogP contribution in [0.1, 0.15) is 54.2 Å². The van der Waals surface area contributed by atoms with Gasteiger partial charge in [-0.3, -0.25) is 10.2 Å². The van der Waals surface area contributed by atoms with Gasteiger partial charge in [0, 0.05) is 29.7 Å². The molecule has 1 unspecified atom stereocenters. The Morgan fingerprint density at radius 1 is 1.25 bits per heavy atom. The molecule has 2 amide bonds. The third-order valence-electron chi connectivity index (χ3n) is 5.73. The summed E-state index contributed by atoms with van der Waals surface area (Å²) in [6.07, 6.45) is 6.97. The summed E-state index contributed by atoms with van der Waals surface area (Å²) in [7, 11) is 0. The van der Waals surface area contributed by atoms with Gasteiger partial charge in [0.05, 0.1) is 23.4 Å². The summed E-state index contributed by atoms with van der Waals surface area (Å²) < 4.78 is 0. The molecule has 4 rings (SSSR count). The Bertz CT molecular complexity index is 939. The predicted octanol–water partition coefficient (Wildman–Crippen LogP) is 3.77. The zero-order valence-corrected chi connectivity index (χ0v) is 16.6. The number of aryl methyl sites for hydroxylation is 2. The fourth-order valence-corrected chi connectivity index (χ4v) is 4.26. The fraction of sp³-hybridized carbons (Fsp3) is 0.476. The van der Waals surface area contributed by atoms with Crippen molar-refractivity contribution in [1.82, 2.24) is 30.6 Å². The molecule has 0 saturated carbocycles. The van der Waals surface area contributed by atoms with E-state index in [-0.39, 0.29) is 12.1 Å². The summed E-state index contributed by atoms with van der Waals surface area (Å²) in [5.74, 6) is 0. The van der Waals surface area contributed by atoms with Crippen molar-refractivity contribution in [1.29, 1.82) is 0 Å². The van der Waals surface area contributed by atoms with Gasteiger partial charge in [-0.15, -0.1) is 0 Å². The minimum Gasteiger partial charge on any atom is -0.338 e. The summed E-state index contributed by atoms with van der Waals surface area (Å²) in [4.78, 5) is 15.0. The molecule has 3 heterocycles. The molecule has 2 aromatic heterocycles. The zero-order chi connectivity index (χ0) is 19.5. The van der Waals surface area contributed by atoms with Crippen molar-refractivity contribution in [3.8, 4) is 0 Å². The van der Waals surface area contributed by atoms with Crippen LogP contribution in [0.5, 0.6) is 0 Å². The standard InChI is InChI=1S/C21H28N6O/c1-14-20(15(2)25-24-14)19-6-4-3-5-11-27(19)21(28)22-10-9-16-7-8-17-13-23-26-18(17)12-16/h7-8,12-13,19H,3-6,9-11H2,1-2H3,(H,22,28)(H,23,26)(H,24,25). The lowest BCUT2D eigenvalue weighted by atomic mass is 9.99. The van der Waals surface area contributed by atoms with E-state index >= 15 is 0 Å². The van der Waals surface area contributed by atoms with Gasteiger partial charge in [0.2, 0.25) is 0 Å². The maximum atomic E-state index is 13.0. The van der Waals surface area contributed by atoms with E-state index in [1.165, 1.54) is 17.5 Å². The number of aromatic nitrogens is 4. The summed E-state index contributed by atoms with van der Waals surface area (Å²) in [6.45, 7) is 5.47. The monoisotopic (exact) mass is 380 g/mol. The van der Waals surface area contributed by atoms with Crippen molar-refractivity contribution in [2.75, 3.05) is 13.1 Å². The number of carbonyl (C=O) groups is 1. The molecule has 7 heteroatoms. The van der Waals surface area contributed by atoms with E-state index in [1.54, 1.807) is 0 Å². The minimum absolute atomic E-state index is 0.0227. The Balaban J connectivity index is 1.42. The highest BCUT2D eigenvalue weighted by atomic mass is 16.2. The van der Waals surface area contributed by atoms with Crippen LogP contribution in [-0.2, 0) is 6.42 Å². The highest BCUT2D eigenvalue weighted by molar-refractivity contribution is 5.78. The number of urea groups is 1. The number of likely N-dealkylation sites (tertiary alicyclic amines) is 1. The first kappa shape index (κ1) is 18.5. The quantitative estimate of drug-likeness (QED) is 0.643. The first-order valence-corrected chi connectivity index (χ1v) is 10.1. The highest BCUT2D eigenvalue weighted by Gasteiger charge is 2.29. The summed E-state index contributed by atoms with van der Waals surface area (Å²) >= 11 is 0. The molecule has 0 radical (unpaired) electrons. The topological polar surface area (TPSA) is 89.7 Å². The number of aromatic amines is 2. The number of amides is 2. The molecule has 1 aliphatic heterocycles. The number of nitrogens with zero attached hydrogens (tertiary/aromatic N) is 3. The van der Waals surface area contributed by atoms with Gasteiger partial charge in [-0.05, 0) is 44.7 Å². The van der Waals surface area contributed by atoms with Crippen LogP contribution in [0.15, 0.2) is 24.4 Å². The second kappa shape index (κ2) is 8.04. The van der Waals surface area contributed by atoms with Crippen molar-refractivity contribution >= 4 is 16.9 Å². The molecule has 148 valence electrons. The number of hydrogen-bond acceptors (Lipinski definition) is 3. The van der Waals surface area contributed by atoms with Crippen LogP contribution in [0, 0.1) is 13.8 Å². The molecule has 3 aromatic rings. The minimum atomic E-state index is 0.0227. The number of benzene rings is 1. The zero-order valence-electron chi connectivity index (χ0n) is 16.6. The van der Waals surface area contributed by atoms with Crippen LogP contribution in [0.4, 0.5) is 4.79 Å². The second-order valence-electron chi connectivity index (χ2n) is 7.68. The lowest BCUT2D eigenvalue weighted by molar-refractivity contribution is 0.175. The summed E-state index contributed by atoms with van der Waals surface area (Å²) in [5.41, 5.74) is 5.46. The normalized spacial score (nSPS) is 17.6. The third-order valence-corrected chi connectivity index (χ3v) is 5.73. The number of nitrogens with one attached hydrogen (secondary N) is 3. The Morgan fingerprint density at radius 3 is 2.96 bits per heavy atom. The second-order valence-corrected chi connectivity index (χ2v) is 7.68. The molecule has 3 N–H and O–H groups in total. The number of fused-ring (bicyclic) bond motifs is 1. The molecule has 0 bridgehead atoms. The van der Waals surface area contributed by atoms with Crippen molar-refractivity contribution in [3.05, 3.63) is 46.9 Å². The molecule has 1 saturated heterocycles. The van der Waals surface area contributed by atoms with Crippen molar-refractivity contribution < 1.29 is 4.79 Å². The Hall–Kier alpha value is -2.83. The number of rotatable bonds is 4. The van der Waals surface area contributed by atoms with Gasteiger partial charge in [0.1, 0.15) is 0 Å². The Morgan fingerprint density at radius 2 is 2.14 bits per heavy atom. The molecular weight excluding hydrogens is 352 g/mol. The predicted molar refractivity (Wildman–Crippen MR) is 109 cm³/mol. The van der Waals surface area contributed by atoms with Crippen LogP contribution in [0.2, 0.25) is 0 Å². The van der Waals surface area contributed by atoms with Crippen LogP contribution in [0.3, 0.4) is 0 Å². The lowest BCUT2D eigenvalue weighted by Crippen LogP contribution is -2.43. The smallest absolute Gasteiger partial charge is 0.317 e. The molecule has 1 aromatic carbocycles. The fourth-order valence-electron chi connectivity index (χ4n) is 4.26. The first-order valence-electron chi connectivity index (χ1n) is 10.1. The maximum absolute atomic E-state index is 13.0. The van der Waals surface area contributed by atoms with E-state index in [1.807, 2.05) is 24.9 Å². The molecule has 1 atom stereocenters. The molecule has 1 aliphatic rings. The largest absolute Gasteiger partial charge is 0.338 e. The van der Waals surface area contributed by atoms with Gasteiger partial charge in [-0.25, -0.2) is 4.79 Å². The highest BCUT2D eigenvalue weighted by Crippen LogP contribution is 2.33. The van der Waals surface area contributed by atoms with Gasteiger partial charge in [-0.2, -0.15) is 10.2 Å². The average Bonchev–Trinajstić information content (AvgIpc) is 3.20. The Labute approximate surface area is 164 Å². The van der Waals surface area contributed by atoms with Crippen molar-refractivity contribution in [2.24, 2.45) is 0 Å². The van der Waals surface area contributed by atoms with E-state index in [4.69, 9.17) is 0 Å². The number of H-pyrrole nitrogens is 2. The van der Waals surface area contributed by atoms with Gasteiger partial charge >= 0.3 is 6.03 Å². The van der Waals surface area contributed by atoms with Gasteiger partial charge in [-0.1, -0.05) is 25.0 Å². The molecule has 1 fully saturated rings. The van der Waals surface area contributed by atoms with E-state index in [2.05, 4.69) is 43.9 Å². The lowest BCUT2D eigenvalue weighted by Gasteiger charge is -2.30.